The van der Waals surface area contributed by atoms with Gasteiger partial charge >= 0.3 is 0 Å². The second-order valence-electron chi connectivity index (χ2n) is 13.5. The lowest BCUT2D eigenvalue weighted by atomic mass is 9.81. The molecule has 2 aliphatic carbocycles. The lowest BCUT2D eigenvalue weighted by Gasteiger charge is -2.22. The number of rotatable bonds is 4. The standard InChI is InChI=1S/C48H33N/c1-30-27-40-38(48-37-24-14-11-21-34(37)42(29-49-48)31-15-5-2-6-16-31)25-26-39-45(40)41(28-30)47-44(33-19-9-4-10-20-33)36-23-13-12-22-35(36)43(46(39)47)32-17-7-3-8-18-32/h2-27,29-30H,28H2,1H3. The van der Waals surface area contributed by atoms with E-state index in [9.17, 15) is 0 Å². The van der Waals surface area contributed by atoms with Crippen LogP contribution in [0.2, 0.25) is 0 Å². The number of fused-ring (bicyclic) bond motifs is 5. The molecule has 0 spiro atoms. The third-order valence-electron chi connectivity index (χ3n) is 10.6. The van der Waals surface area contributed by atoms with Crippen LogP contribution >= 0.6 is 0 Å². The first kappa shape index (κ1) is 28.0. The van der Waals surface area contributed by atoms with E-state index in [1.807, 2.05) is 0 Å². The summed E-state index contributed by atoms with van der Waals surface area (Å²) in [5.41, 5.74) is 15.4. The van der Waals surface area contributed by atoms with E-state index in [-0.39, 0.29) is 0 Å². The van der Waals surface area contributed by atoms with Crippen LogP contribution in [0.4, 0.5) is 0 Å². The molecule has 1 heteroatoms. The number of hydrogen-bond acceptors (Lipinski definition) is 1. The molecule has 0 N–H and O–H groups in total. The molecular weight excluding hydrogens is 591 g/mol. The fraction of sp³-hybridized carbons (Fsp3) is 0.0625. The third-order valence-corrected chi connectivity index (χ3v) is 10.6. The van der Waals surface area contributed by atoms with Crippen LogP contribution in [0.1, 0.15) is 18.9 Å². The van der Waals surface area contributed by atoms with Gasteiger partial charge in [-0.2, -0.15) is 0 Å². The summed E-state index contributed by atoms with van der Waals surface area (Å²) in [4.78, 5) is 5.26. The van der Waals surface area contributed by atoms with Crippen molar-refractivity contribution < 1.29 is 0 Å². The molecule has 7 aromatic carbocycles. The van der Waals surface area contributed by atoms with Crippen LogP contribution in [0.25, 0.3) is 89.0 Å². The number of nitrogens with zero attached hydrogens (tertiary/aromatic N) is 1. The van der Waals surface area contributed by atoms with E-state index in [1.54, 1.807) is 0 Å². The molecule has 2 aliphatic rings. The van der Waals surface area contributed by atoms with Gasteiger partial charge in [0.15, 0.2) is 0 Å². The molecule has 8 aromatic rings. The van der Waals surface area contributed by atoms with Crippen LogP contribution in [0.15, 0.2) is 158 Å². The number of hydrogen-bond donors (Lipinski definition) is 0. The molecule has 1 unspecified atom stereocenters. The highest BCUT2D eigenvalue weighted by Crippen LogP contribution is 2.51. The monoisotopic (exact) mass is 623 g/mol. The van der Waals surface area contributed by atoms with Gasteiger partial charge in [-0.3, -0.25) is 4.98 Å². The van der Waals surface area contributed by atoms with Crippen LogP contribution in [-0.2, 0) is 0 Å². The maximum atomic E-state index is 5.26. The predicted molar refractivity (Wildman–Crippen MR) is 206 cm³/mol. The summed E-state index contributed by atoms with van der Waals surface area (Å²) in [5.74, 6) is 0.382. The topological polar surface area (TPSA) is 12.9 Å². The summed E-state index contributed by atoms with van der Waals surface area (Å²) in [7, 11) is 0. The zero-order valence-electron chi connectivity index (χ0n) is 27.3. The lowest BCUT2D eigenvalue weighted by Crippen LogP contribution is -2.33. The van der Waals surface area contributed by atoms with Crippen LogP contribution in [0, 0.1) is 5.92 Å². The summed E-state index contributed by atoms with van der Waals surface area (Å²) >= 11 is 0. The number of benzene rings is 7. The summed E-state index contributed by atoms with van der Waals surface area (Å²) in [6, 6.07) is 55.2. The van der Waals surface area contributed by atoms with Crippen molar-refractivity contribution in [3.05, 3.63) is 174 Å². The molecule has 0 fully saturated rings. The Hall–Kier alpha value is -6.05. The largest absolute Gasteiger partial charge is 0.255 e. The number of pyridine rings is 1. The summed E-state index contributed by atoms with van der Waals surface area (Å²) in [6.45, 7) is 2.37. The van der Waals surface area contributed by atoms with E-state index < -0.39 is 0 Å². The van der Waals surface area contributed by atoms with Crippen LogP contribution in [-0.4, -0.2) is 4.98 Å². The van der Waals surface area contributed by atoms with Gasteiger partial charge in [-0.15, -0.1) is 0 Å². The Morgan fingerprint density at radius 1 is 0.449 bits per heavy atom. The van der Waals surface area contributed by atoms with E-state index >= 15 is 0 Å². The molecule has 49 heavy (non-hydrogen) atoms. The molecule has 1 heterocycles. The highest BCUT2D eigenvalue weighted by atomic mass is 14.7. The molecule has 0 bridgehead atoms. The van der Waals surface area contributed by atoms with Gasteiger partial charge in [-0.1, -0.05) is 165 Å². The van der Waals surface area contributed by atoms with Gasteiger partial charge < -0.3 is 0 Å². The van der Waals surface area contributed by atoms with E-state index in [1.165, 1.54) is 93.2 Å². The molecule has 10 rings (SSSR count). The Kier molecular flexibility index (Phi) is 6.29. The van der Waals surface area contributed by atoms with E-state index in [0.29, 0.717) is 5.92 Å². The van der Waals surface area contributed by atoms with Gasteiger partial charge in [-0.25, -0.2) is 0 Å². The maximum Gasteiger partial charge on any atom is 0.0786 e. The Morgan fingerprint density at radius 2 is 0.959 bits per heavy atom. The van der Waals surface area contributed by atoms with Crippen molar-refractivity contribution in [3.63, 3.8) is 0 Å². The van der Waals surface area contributed by atoms with Crippen molar-refractivity contribution in [2.45, 2.75) is 13.3 Å². The fourth-order valence-corrected chi connectivity index (χ4v) is 8.60. The first-order valence-corrected chi connectivity index (χ1v) is 17.3. The number of aromatic nitrogens is 1. The minimum Gasteiger partial charge on any atom is -0.255 e. The second-order valence-corrected chi connectivity index (χ2v) is 13.5. The lowest BCUT2D eigenvalue weighted by molar-refractivity contribution is 0.788. The van der Waals surface area contributed by atoms with Gasteiger partial charge in [0, 0.05) is 22.7 Å². The summed E-state index contributed by atoms with van der Waals surface area (Å²) in [6.07, 6.45) is 5.59. The highest BCUT2D eigenvalue weighted by molar-refractivity contribution is 6.18. The maximum absolute atomic E-state index is 5.26. The molecule has 1 atom stereocenters. The smallest absolute Gasteiger partial charge is 0.0786 e. The van der Waals surface area contributed by atoms with Crippen LogP contribution in [0.5, 0.6) is 0 Å². The Labute approximate surface area is 286 Å². The van der Waals surface area contributed by atoms with Gasteiger partial charge in [-0.05, 0) is 89.0 Å². The van der Waals surface area contributed by atoms with E-state index in [2.05, 4.69) is 171 Å². The molecule has 0 saturated carbocycles. The molecule has 1 nitrogen and oxygen atoms in total. The van der Waals surface area contributed by atoms with Crippen molar-refractivity contribution in [3.8, 4) is 55.8 Å². The van der Waals surface area contributed by atoms with Crippen molar-refractivity contribution in [2.75, 3.05) is 0 Å². The average molecular weight is 624 g/mol. The molecule has 230 valence electrons. The average Bonchev–Trinajstić information content (AvgIpc) is 3.48. The third kappa shape index (κ3) is 4.22. The Balaban J connectivity index is 1.33. The molecule has 0 aliphatic heterocycles. The summed E-state index contributed by atoms with van der Waals surface area (Å²) in [5, 5.41) is 7.71. The second kappa shape index (κ2) is 11.0. The van der Waals surface area contributed by atoms with Gasteiger partial charge in [0.2, 0.25) is 0 Å². The predicted octanol–water partition coefficient (Wildman–Crippen LogP) is 11.1. The fourth-order valence-electron chi connectivity index (χ4n) is 8.60. The van der Waals surface area contributed by atoms with Crippen LogP contribution in [0.3, 0.4) is 0 Å². The van der Waals surface area contributed by atoms with Crippen molar-refractivity contribution in [1.29, 1.82) is 0 Å². The Morgan fingerprint density at radius 3 is 1.59 bits per heavy atom. The molecule has 0 radical (unpaired) electrons. The van der Waals surface area contributed by atoms with E-state index in [0.717, 1.165) is 12.1 Å². The van der Waals surface area contributed by atoms with E-state index in [4.69, 9.17) is 4.98 Å². The van der Waals surface area contributed by atoms with Gasteiger partial charge in [0.05, 0.1) is 5.69 Å². The van der Waals surface area contributed by atoms with Crippen molar-refractivity contribution >= 4 is 33.2 Å². The first-order chi connectivity index (χ1) is 24.3. The zero-order chi connectivity index (χ0) is 32.5. The zero-order valence-corrected chi connectivity index (χ0v) is 27.3. The summed E-state index contributed by atoms with van der Waals surface area (Å²) < 4.78 is 0. The molecular formula is C48H33N. The van der Waals surface area contributed by atoms with Crippen LogP contribution < -0.4 is 10.4 Å². The molecule has 1 aromatic heterocycles. The molecule has 0 amide bonds. The minimum atomic E-state index is 0.382. The minimum absolute atomic E-state index is 0.382. The van der Waals surface area contributed by atoms with Gasteiger partial charge in [0.25, 0.3) is 0 Å². The normalized spacial score (nSPS) is 14.5. The SMILES string of the molecule is CC1C=c2c(-c3ncc(-c4ccccc4)c4ccccc34)ccc3c2=C(C1)c1c-3c(-c2ccccc2)c2ccccc2c1-c1ccccc1. The van der Waals surface area contributed by atoms with Crippen molar-refractivity contribution in [2.24, 2.45) is 5.92 Å². The molecule has 0 saturated heterocycles. The highest BCUT2D eigenvalue weighted by Gasteiger charge is 2.32. The van der Waals surface area contributed by atoms with Gasteiger partial charge in [0.1, 0.15) is 0 Å². The quantitative estimate of drug-likeness (QED) is 0.190. The Bertz CT molecular complexity index is 2720. The first-order valence-electron chi connectivity index (χ1n) is 17.3. The van der Waals surface area contributed by atoms with Crippen molar-refractivity contribution in [1.82, 2.24) is 4.98 Å².